The molecule has 0 aliphatic carbocycles. The van der Waals surface area contributed by atoms with Gasteiger partial charge in [-0.05, 0) is 23.8 Å². The van der Waals surface area contributed by atoms with Crippen LogP contribution in [0.2, 0.25) is 0 Å². The Labute approximate surface area is 92.8 Å². The third-order valence-corrected chi connectivity index (χ3v) is 2.88. The molecule has 0 aliphatic heterocycles. The summed E-state index contributed by atoms with van der Waals surface area (Å²) in [5.41, 5.74) is 1.38. The monoisotopic (exact) mass is 204 g/mol. The molecule has 0 saturated heterocycles. The highest BCUT2D eigenvalue weighted by atomic mass is 16.5. The topological polar surface area (TPSA) is 9.23 Å². The molecule has 0 heterocycles. The number of benzene rings is 1. The van der Waals surface area contributed by atoms with Crippen molar-refractivity contribution in [2.45, 2.75) is 19.3 Å². The minimum Gasteiger partial charge on any atom is -0.384 e. The van der Waals surface area contributed by atoms with E-state index in [9.17, 15) is 0 Å². The summed E-state index contributed by atoms with van der Waals surface area (Å²) in [4.78, 5) is 0. The summed E-state index contributed by atoms with van der Waals surface area (Å²) in [5, 5.41) is 0. The molecule has 82 valence electrons. The second-order valence-corrected chi connectivity index (χ2v) is 3.94. The Morgan fingerprint density at radius 2 is 2.00 bits per heavy atom. The molecular weight excluding hydrogens is 184 g/mol. The van der Waals surface area contributed by atoms with E-state index in [1.165, 1.54) is 5.56 Å². The highest BCUT2D eigenvalue weighted by Crippen LogP contribution is 2.26. The van der Waals surface area contributed by atoms with Gasteiger partial charge in [0.05, 0.1) is 0 Å². The Hall–Kier alpha value is -1.08. The van der Waals surface area contributed by atoms with Crippen molar-refractivity contribution in [3.8, 4) is 0 Å². The van der Waals surface area contributed by atoms with Crippen molar-refractivity contribution in [3.05, 3.63) is 48.6 Å². The first kappa shape index (κ1) is 12.0. The molecule has 0 spiro atoms. The van der Waals surface area contributed by atoms with Gasteiger partial charge in [0, 0.05) is 13.7 Å². The Balaban J connectivity index is 2.71. The zero-order chi connectivity index (χ0) is 11.1. The lowest BCUT2D eigenvalue weighted by molar-refractivity contribution is 0.142. The highest BCUT2D eigenvalue weighted by molar-refractivity contribution is 5.19. The Bertz CT molecular complexity index is 279. The lowest BCUT2D eigenvalue weighted by Crippen LogP contribution is -2.15. The fourth-order valence-corrected chi connectivity index (χ4v) is 1.87. The Morgan fingerprint density at radius 1 is 1.33 bits per heavy atom. The maximum atomic E-state index is 5.25. The van der Waals surface area contributed by atoms with E-state index in [4.69, 9.17) is 4.74 Å². The van der Waals surface area contributed by atoms with Crippen molar-refractivity contribution >= 4 is 0 Å². The predicted molar refractivity (Wildman–Crippen MR) is 65.0 cm³/mol. The molecule has 0 aromatic heterocycles. The van der Waals surface area contributed by atoms with E-state index in [0.29, 0.717) is 11.8 Å². The third-order valence-electron chi connectivity index (χ3n) is 2.88. The Kier molecular flexibility index (Phi) is 5.13. The van der Waals surface area contributed by atoms with Gasteiger partial charge >= 0.3 is 0 Å². The molecule has 1 unspecified atom stereocenters. The molecule has 2 atom stereocenters. The maximum absolute atomic E-state index is 5.25. The van der Waals surface area contributed by atoms with Crippen LogP contribution in [0.3, 0.4) is 0 Å². The first-order chi connectivity index (χ1) is 7.29. The van der Waals surface area contributed by atoms with Gasteiger partial charge in [-0.25, -0.2) is 0 Å². The van der Waals surface area contributed by atoms with Gasteiger partial charge in [-0.15, -0.1) is 6.58 Å². The second kappa shape index (κ2) is 6.41. The first-order valence-corrected chi connectivity index (χ1v) is 5.44. The van der Waals surface area contributed by atoms with E-state index in [0.717, 1.165) is 13.0 Å². The predicted octanol–water partition coefficient (Wildman–Crippen LogP) is 3.63. The largest absolute Gasteiger partial charge is 0.384 e. The standard InChI is InChI=1S/C14H20O/c1-4-8-14(11-15-3)12(2)13-9-6-5-7-10-13/h4-7,9-10,12,14H,1,8,11H2,2-3H3/t12-,14?/m0/s1. The number of allylic oxidation sites excluding steroid dienone is 1. The van der Waals surface area contributed by atoms with Gasteiger partial charge in [0.1, 0.15) is 0 Å². The van der Waals surface area contributed by atoms with Gasteiger partial charge in [-0.1, -0.05) is 43.3 Å². The van der Waals surface area contributed by atoms with Crippen LogP contribution in [0.15, 0.2) is 43.0 Å². The van der Waals surface area contributed by atoms with Crippen LogP contribution in [0.25, 0.3) is 0 Å². The molecule has 15 heavy (non-hydrogen) atoms. The molecule has 1 aromatic rings. The van der Waals surface area contributed by atoms with Crippen LogP contribution >= 0.6 is 0 Å². The van der Waals surface area contributed by atoms with Crippen LogP contribution in [0, 0.1) is 5.92 Å². The second-order valence-electron chi connectivity index (χ2n) is 3.94. The molecular formula is C14H20O. The van der Waals surface area contributed by atoms with E-state index in [1.54, 1.807) is 7.11 Å². The normalized spacial score (nSPS) is 14.5. The van der Waals surface area contributed by atoms with Crippen molar-refractivity contribution < 1.29 is 4.74 Å². The minimum atomic E-state index is 0.518. The van der Waals surface area contributed by atoms with Crippen molar-refractivity contribution in [1.82, 2.24) is 0 Å². The van der Waals surface area contributed by atoms with Crippen LogP contribution in [0.1, 0.15) is 24.8 Å². The Morgan fingerprint density at radius 3 is 2.53 bits per heavy atom. The first-order valence-electron chi connectivity index (χ1n) is 5.44. The molecule has 0 bridgehead atoms. The fourth-order valence-electron chi connectivity index (χ4n) is 1.87. The van der Waals surface area contributed by atoms with Crippen molar-refractivity contribution in [2.24, 2.45) is 5.92 Å². The average Bonchev–Trinajstić information content (AvgIpc) is 2.29. The van der Waals surface area contributed by atoms with Crippen LogP contribution in [0.5, 0.6) is 0 Å². The molecule has 0 N–H and O–H groups in total. The quantitative estimate of drug-likeness (QED) is 0.643. The number of ether oxygens (including phenoxy) is 1. The number of rotatable bonds is 6. The smallest absolute Gasteiger partial charge is 0.0499 e. The van der Waals surface area contributed by atoms with Crippen molar-refractivity contribution in [2.75, 3.05) is 13.7 Å². The van der Waals surface area contributed by atoms with Crippen LogP contribution in [-0.4, -0.2) is 13.7 Å². The zero-order valence-corrected chi connectivity index (χ0v) is 9.65. The number of hydrogen-bond acceptors (Lipinski definition) is 1. The van der Waals surface area contributed by atoms with E-state index < -0.39 is 0 Å². The SMILES string of the molecule is C=CCC(COC)[C@@H](C)c1ccccc1. The minimum absolute atomic E-state index is 0.518. The summed E-state index contributed by atoms with van der Waals surface area (Å²) in [6.07, 6.45) is 2.98. The molecule has 1 aromatic carbocycles. The molecule has 0 amide bonds. The molecule has 0 aliphatic rings. The van der Waals surface area contributed by atoms with E-state index in [1.807, 2.05) is 6.08 Å². The summed E-state index contributed by atoms with van der Waals surface area (Å²) in [7, 11) is 1.76. The van der Waals surface area contributed by atoms with Crippen LogP contribution in [0.4, 0.5) is 0 Å². The van der Waals surface area contributed by atoms with Crippen LogP contribution < -0.4 is 0 Å². The molecule has 0 saturated carbocycles. The lowest BCUT2D eigenvalue weighted by Gasteiger charge is -2.22. The van der Waals surface area contributed by atoms with Crippen LogP contribution in [-0.2, 0) is 4.74 Å². The molecule has 0 fully saturated rings. The van der Waals surface area contributed by atoms with Gasteiger partial charge < -0.3 is 4.74 Å². The van der Waals surface area contributed by atoms with Gasteiger partial charge in [0.25, 0.3) is 0 Å². The van der Waals surface area contributed by atoms with Gasteiger partial charge in [-0.3, -0.25) is 0 Å². The zero-order valence-electron chi connectivity index (χ0n) is 9.65. The molecule has 1 nitrogen and oxygen atoms in total. The molecule has 1 rings (SSSR count). The van der Waals surface area contributed by atoms with E-state index in [-0.39, 0.29) is 0 Å². The maximum Gasteiger partial charge on any atom is 0.0499 e. The average molecular weight is 204 g/mol. The van der Waals surface area contributed by atoms with E-state index >= 15 is 0 Å². The summed E-state index contributed by atoms with van der Waals surface area (Å²) in [6.45, 7) is 6.85. The summed E-state index contributed by atoms with van der Waals surface area (Å²) in [5.74, 6) is 1.04. The van der Waals surface area contributed by atoms with Crippen molar-refractivity contribution in [3.63, 3.8) is 0 Å². The van der Waals surface area contributed by atoms with Crippen molar-refractivity contribution in [1.29, 1.82) is 0 Å². The molecule has 1 heteroatoms. The van der Waals surface area contributed by atoms with Gasteiger partial charge in [0.15, 0.2) is 0 Å². The lowest BCUT2D eigenvalue weighted by atomic mass is 9.86. The summed E-state index contributed by atoms with van der Waals surface area (Å²) in [6, 6.07) is 10.6. The fraction of sp³-hybridized carbons (Fsp3) is 0.429. The number of methoxy groups -OCH3 is 1. The number of hydrogen-bond donors (Lipinski definition) is 0. The molecule has 0 radical (unpaired) electrons. The summed E-state index contributed by atoms with van der Waals surface area (Å²) < 4.78 is 5.25. The van der Waals surface area contributed by atoms with Gasteiger partial charge in [0.2, 0.25) is 0 Å². The van der Waals surface area contributed by atoms with E-state index in [2.05, 4.69) is 43.8 Å². The van der Waals surface area contributed by atoms with Gasteiger partial charge in [-0.2, -0.15) is 0 Å². The summed E-state index contributed by atoms with van der Waals surface area (Å²) >= 11 is 0. The highest BCUT2D eigenvalue weighted by Gasteiger charge is 2.17. The third kappa shape index (κ3) is 3.52.